The van der Waals surface area contributed by atoms with Crippen LogP contribution in [-0.2, 0) is 11.3 Å². The molecule has 3 N–H and O–H groups in total. The Balaban J connectivity index is 2.12. The largest absolute Gasteiger partial charge is 0.398 e. The summed E-state index contributed by atoms with van der Waals surface area (Å²) >= 11 is 0. The minimum absolute atomic E-state index is 0.797. The molecule has 3 heteroatoms. The smallest absolute Gasteiger partial charge is 0.0477 e. The van der Waals surface area contributed by atoms with Gasteiger partial charge in [0.05, 0.1) is 0 Å². The summed E-state index contributed by atoms with van der Waals surface area (Å²) in [6.45, 7) is 5.44. The normalized spacial score (nSPS) is 10.5. The molecule has 84 valence electrons. The fraction of sp³-hybridized carbons (Fsp3) is 0.500. The molecule has 0 amide bonds. The van der Waals surface area contributed by atoms with E-state index in [0.717, 1.165) is 44.0 Å². The van der Waals surface area contributed by atoms with Gasteiger partial charge in [-0.05, 0) is 31.5 Å². The third kappa shape index (κ3) is 4.81. The molecule has 0 heterocycles. The molecule has 0 fully saturated rings. The van der Waals surface area contributed by atoms with Gasteiger partial charge in [-0.3, -0.25) is 0 Å². The molecule has 15 heavy (non-hydrogen) atoms. The number of anilines is 1. The van der Waals surface area contributed by atoms with Gasteiger partial charge in [0, 0.05) is 25.4 Å². The van der Waals surface area contributed by atoms with Crippen LogP contribution in [0.2, 0.25) is 0 Å². The van der Waals surface area contributed by atoms with E-state index < -0.39 is 0 Å². The first-order valence-electron chi connectivity index (χ1n) is 5.46. The molecule has 0 aliphatic rings. The molecule has 0 saturated heterocycles. The van der Waals surface area contributed by atoms with Gasteiger partial charge in [-0.1, -0.05) is 18.2 Å². The van der Waals surface area contributed by atoms with Crippen LogP contribution in [0.3, 0.4) is 0 Å². The lowest BCUT2D eigenvalue weighted by Gasteiger charge is -2.07. The summed E-state index contributed by atoms with van der Waals surface area (Å²) in [6.07, 6.45) is 1.04. The van der Waals surface area contributed by atoms with Crippen molar-refractivity contribution in [3.63, 3.8) is 0 Å². The zero-order valence-electron chi connectivity index (χ0n) is 9.33. The first-order chi connectivity index (χ1) is 7.34. The maximum Gasteiger partial charge on any atom is 0.0477 e. The maximum atomic E-state index is 5.82. The van der Waals surface area contributed by atoms with Crippen molar-refractivity contribution in [2.75, 3.05) is 25.5 Å². The van der Waals surface area contributed by atoms with Gasteiger partial charge in [0.1, 0.15) is 0 Å². The number of para-hydroxylation sites is 1. The molecular weight excluding hydrogens is 188 g/mol. The monoisotopic (exact) mass is 208 g/mol. The van der Waals surface area contributed by atoms with Gasteiger partial charge in [-0.2, -0.15) is 0 Å². The summed E-state index contributed by atoms with van der Waals surface area (Å²) in [6, 6.07) is 7.93. The number of hydrogen-bond acceptors (Lipinski definition) is 3. The molecule has 0 bridgehead atoms. The quantitative estimate of drug-likeness (QED) is 0.530. The molecule has 0 aromatic heterocycles. The van der Waals surface area contributed by atoms with Crippen LogP contribution in [0.1, 0.15) is 18.9 Å². The predicted molar refractivity (Wildman–Crippen MR) is 63.7 cm³/mol. The second kappa shape index (κ2) is 7.26. The van der Waals surface area contributed by atoms with Crippen molar-refractivity contribution >= 4 is 5.69 Å². The zero-order chi connectivity index (χ0) is 10.9. The van der Waals surface area contributed by atoms with Crippen LogP contribution in [0, 0.1) is 0 Å². The predicted octanol–water partition coefficient (Wildman–Crippen LogP) is 1.79. The first kappa shape index (κ1) is 12.0. The molecule has 0 saturated carbocycles. The van der Waals surface area contributed by atoms with Crippen LogP contribution >= 0.6 is 0 Å². The lowest BCUT2D eigenvalue weighted by molar-refractivity contribution is 0.144. The van der Waals surface area contributed by atoms with Crippen molar-refractivity contribution in [1.29, 1.82) is 0 Å². The number of nitrogens with one attached hydrogen (secondary N) is 1. The van der Waals surface area contributed by atoms with Gasteiger partial charge in [-0.25, -0.2) is 0 Å². The number of nitrogen functional groups attached to an aromatic ring is 1. The Kier molecular flexibility index (Phi) is 5.81. The lowest BCUT2D eigenvalue weighted by Crippen LogP contribution is -2.17. The fourth-order valence-corrected chi connectivity index (χ4v) is 1.36. The maximum absolute atomic E-state index is 5.82. The van der Waals surface area contributed by atoms with Crippen LogP contribution in [0.4, 0.5) is 5.69 Å². The number of benzene rings is 1. The highest BCUT2D eigenvalue weighted by Gasteiger charge is 1.96. The topological polar surface area (TPSA) is 47.3 Å². The average Bonchev–Trinajstić information content (AvgIpc) is 2.25. The molecule has 3 nitrogen and oxygen atoms in total. The molecule has 0 atom stereocenters. The Morgan fingerprint density at radius 1 is 1.33 bits per heavy atom. The van der Waals surface area contributed by atoms with E-state index in [1.807, 2.05) is 31.2 Å². The van der Waals surface area contributed by atoms with Crippen LogP contribution in [0.5, 0.6) is 0 Å². The van der Waals surface area contributed by atoms with Crippen molar-refractivity contribution < 1.29 is 4.74 Å². The van der Waals surface area contributed by atoms with E-state index >= 15 is 0 Å². The molecule has 0 aliphatic heterocycles. The Labute approximate surface area is 91.6 Å². The molecule has 1 rings (SSSR count). The second-order valence-electron chi connectivity index (χ2n) is 3.43. The van der Waals surface area contributed by atoms with Gasteiger partial charge in [0.2, 0.25) is 0 Å². The molecule has 0 aliphatic carbocycles. The van der Waals surface area contributed by atoms with Crippen LogP contribution in [0.15, 0.2) is 24.3 Å². The highest BCUT2D eigenvalue weighted by atomic mass is 16.5. The Bertz CT molecular complexity index is 276. The summed E-state index contributed by atoms with van der Waals surface area (Å²) in [5.74, 6) is 0. The number of ether oxygens (including phenoxy) is 1. The van der Waals surface area contributed by atoms with Gasteiger partial charge < -0.3 is 15.8 Å². The van der Waals surface area contributed by atoms with Gasteiger partial charge >= 0.3 is 0 Å². The average molecular weight is 208 g/mol. The van der Waals surface area contributed by atoms with E-state index in [2.05, 4.69) is 5.32 Å². The molecule has 1 aromatic carbocycles. The van der Waals surface area contributed by atoms with E-state index in [9.17, 15) is 0 Å². The molecule has 0 spiro atoms. The van der Waals surface area contributed by atoms with E-state index in [0.29, 0.717) is 0 Å². The van der Waals surface area contributed by atoms with Crippen LogP contribution in [0.25, 0.3) is 0 Å². The third-order valence-electron chi connectivity index (χ3n) is 2.22. The number of nitrogens with two attached hydrogens (primary N) is 1. The van der Waals surface area contributed by atoms with Crippen molar-refractivity contribution in [2.45, 2.75) is 19.9 Å². The fourth-order valence-electron chi connectivity index (χ4n) is 1.36. The number of hydrogen-bond donors (Lipinski definition) is 2. The van der Waals surface area contributed by atoms with E-state index in [-0.39, 0.29) is 0 Å². The summed E-state index contributed by atoms with van der Waals surface area (Å²) in [5, 5.41) is 3.34. The Hall–Kier alpha value is -1.06. The highest BCUT2D eigenvalue weighted by molar-refractivity contribution is 5.46. The highest BCUT2D eigenvalue weighted by Crippen LogP contribution is 2.09. The summed E-state index contributed by atoms with van der Waals surface area (Å²) < 4.78 is 5.24. The van der Waals surface area contributed by atoms with E-state index in [1.54, 1.807) is 0 Å². The minimum atomic E-state index is 0.797. The third-order valence-corrected chi connectivity index (χ3v) is 2.22. The lowest BCUT2D eigenvalue weighted by atomic mass is 10.2. The molecule has 0 radical (unpaired) electrons. The van der Waals surface area contributed by atoms with Crippen LogP contribution in [-0.4, -0.2) is 19.8 Å². The molecular formula is C12H20N2O. The SMILES string of the molecule is CCOCCCNCc1ccccc1N. The number of rotatable bonds is 7. The Morgan fingerprint density at radius 2 is 2.13 bits per heavy atom. The standard InChI is InChI=1S/C12H20N2O/c1-2-15-9-5-8-14-10-11-6-3-4-7-12(11)13/h3-4,6-7,14H,2,5,8-10,13H2,1H3. The van der Waals surface area contributed by atoms with Crippen molar-refractivity contribution in [3.05, 3.63) is 29.8 Å². The second-order valence-corrected chi connectivity index (χ2v) is 3.43. The van der Waals surface area contributed by atoms with Crippen molar-refractivity contribution in [3.8, 4) is 0 Å². The Morgan fingerprint density at radius 3 is 2.87 bits per heavy atom. The molecule has 1 aromatic rings. The van der Waals surface area contributed by atoms with E-state index in [1.165, 1.54) is 0 Å². The summed E-state index contributed by atoms with van der Waals surface area (Å²) in [4.78, 5) is 0. The minimum Gasteiger partial charge on any atom is -0.398 e. The zero-order valence-corrected chi connectivity index (χ0v) is 9.33. The van der Waals surface area contributed by atoms with Crippen molar-refractivity contribution in [1.82, 2.24) is 5.32 Å². The van der Waals surface area contributed by atoms with Crippen molar-refractivity contribution in [2.24, 2.45) is 0 Å². The van der Waals surface area contributed by atoms with Gasteiger partial charge in [0.25, 0.3) is 0 Å². The summed E-state index contributed by atoms with van der Waals surface area (Å²) in [7, 11) is 0. The van der Waals surface area contributed by atoms with E-state index in [4.69, 9.17) is 10.5 Å². The van der Waals surface area contributed by atoms with Gasteiger partial charge in [0.15, 0.2) is 0 Å². The first-order valence-corrected chi connectivity index (χ1v) is 5.46. The summed E-state index contributed by atoms with van der Waals surface area (Å²) in [5.41, 5.74) is 7.84. The van der Waals surface area contributed by atoms with Crippen LogP contribution < -0.4 is 11.1 Å². The molecule has 0 unspecified atom stereocenters. The van der Waals surface area contributed by atoms with Gasteiger partial charge in [-0.15, -0.1) is 0 Å².